The quantitative estimate of drug-likeness (QED) is 0.488. The molecule has 9 heavy (non-hydrogen) atoms. The predicted molar refractivity (Wildman–Crippen MR) is 37.5 cm³/mol. The molecule has 0 aromatic heterocycles. The van der Waals surface area contributed by atoms with Crippen LogP contribution in [0.25, 0.3) is 0 Å². The molecule has 1 aliphatic rings. The minimum Gasteiger partial charge on any atom is -0.465 e. The van der Waals surface area contributed by atoms with Crippen LogP contribution in [0.15, 0.2) is 0 Å². The van der Waals surface area contributed by atoms with E-state index < -0.39 is 0 Å². The molecule has 0 spiro atoms. The van der Waals surface area contributed by atoms with Gasteiger partial charge in [0.05, 0.1) is 12.5 Å². The fourth-order valence-corrected chi connectivity index (χ4v) is 1.48. The number of alkyl halides is 1. The largest absolute Gasteiger partial charge is 0.465 e. The Kier molecular flexibility index (Phi) is 2.51. The smallest absolute Gasteiger partial charge is 0.309 e. The van der Waals surface area contributed by atoms with Crippen LogP contribution in [-0.2, 0) is 9.53 Å². The minimum absolute atomic E-state index is 0.0190. The van der Waals surface area contributed by atoms with Crippen LogP contribution in [0.3, 0.4) is 0 Å². The molecule has 0 N–H and O–H groups in total. The van der Waals surface area contributed by atoms with Gasteiger partial charge in [0, 0.05) is 5.33 Å². The maximum absolute atomic E-state index is 10.7. The van der Waals surface area contributed by atoms with Gasteiger partial charge in [0.1, 0.15) is 0 Å². The monoisotopic (exact) mass is 192 g/mol. The number of hydrogen-bond acceptors (Lipinski definition) is 2. The Hall–Kier alpha value is -0.0500. The fraction of sp³-hybridized carbons (Fsp3) is 0.833. The summed E-state index contributed by atoms with van der Waals surface area (Å²) in [6.07, 6.45) is 1.82. The van der Waals surface area contributed by atoms with Crippen molar-refractivity contribution in [3.63, 3.8) is 0 Å². The van der Waals surface area contributed by atoms with E-state index in [0.29, 0.717) is 6.61 Å². The molecule has 0 aliphatic carbocycles. The molecule has 0 amide bonds. The highest BCUT2D eigenvalue weighted by Crippen LogP contribution is 2.18. The molecule has 1 heterocycles. The van der Waals surface area contributed by atoms with E-state index in [-0.39, 0.29) is 11.9 Å². The molecule has 0 aromatic carbocycles. The van der Waals surface area contributed by atoms with Crippen LogP contribution in [-0.4, -0.2) is 17.9 Å². The molecule has 0 bridgehead atoms. The maximum atomic E-state index is 10.7. The average Bonchev–Trinajstić information content (AvgIpc) is 2.18. The first-order valence-electron chi connectivity index (χ1n) is 3.07. The maximum Gasteiger partial charge on any atom is 0.309 e. The van der Waals surface area contributed by atoms with Gasteiger partial charge in [0.25, 0.3) is 0 Å². The molecule has 1 saturated heterocycles. The second kappa shape index (κ2) is 3.20. The zero-order chi connectivity index (χ0) is 6.69. The van der Waals surface area contributed by atoms with E-state index >= 15 is 0 Å². The number of carbonyl (C=O) groups excluding carboxylic acids is 1. The summed E-state index contributed by atoms with van der Waals surface area (Å²) in [5.41, 5.74) is 0. The lowest BCUT2D eigenvalue weighted by Gasteiger charge is -1.98. The molecule has 0 radical (unpaired) electrons. The normalized spacial score (nSPS) is 26.3. The minimum atomic E-state index is -0.0190. The second-order valence-corrected chi connectivity index (χ2v) is 2.92. The Balaban J connectivity index is 2.31. The van der Waals surface area contributed by atoms with Gasteiger partial charge in [0.2, 0.25) is 0 Å². The van der Waals surface area contributed by atoms with Crippen molar-refractivity contribution in [1.82, 2.24) is 0 Å². The molecular weight excluding hydrogens is 184 g/mol. The van der Waals surface area contributed by atoms with Gasteiger partial charge < -0.3 is 4.74 Å². The highest BCUT2D eigenvalue weighted by molar-refractivity contribution is 9.09. The topological polar surface area (TPSA) is 26.3 Å². The lowest BCUT2D eigenvalue weighted by atomic mass is 10.1. The molecule has 1 atom stereocenters. The van der Waals surface area contributed by atoms with Crippen LogP contribution in [0.1, 0.15) is 12.8 Å². The number of cyclic esters (lactones) is 1. The van der Waals surface area contributed by atoms with Crippen molar-refractivity contribution in [3.8, 4) is 0 Å². The van der Waals surface area contributed by atoms with Crippen molar-refractivity contribution in [2.45, 2.75) is 12.8 Å². The van der Waals surface area contributed by atoms with E-state index in [4.69, 9.17) is 4.74 Å². The third-order valence-electron chi connectivity index (χ3n) is 1.50. The summed E-state index contributed by atoms with van der Waals surface area (Å²) in [5, 5.41) is 0.896. The van der Waals surface area contributed by atoms with Crippen LogP contribution >= 0.6 is 15.9 Å². The zero-order valence-corrected chi connectivity index (χ0v) is 6.69. The highest BCUT2D eigenvalue weighted by atomic mass is 79.9. The molecule has 3 heteroatoms. The average molecular weight is 193 g/mol. The first kappa shape index (κ1) is 7.06. The molecule has 1 fully saturated rings. The van der Waals surface area contributed by atoms with Crippen molar-refractivity contribution >= 4 is 21.9 Å². The first-order chi connectivity index (χ1) is 4.34. The standard InChI is InChI=1S/C6H9BrO2/c7-3-1-5-2-4-9-6(5)8/h5H,1-4H2/t5-/m1/s1. The molecular formula is C6H9BrO2. The van der Waals surface area contributed by atoms with E-state index in [2.05, 4.69) is 15.9 Å². The second-order valence-electron chi connectivity index (χ2n) is 2.13. The SMILES string of the molecule is O=C1OCC[C@H]1CCBr. The Morgan fingerprint density at radius 3 is 3.00 bits per heavy atom. The number of carbonyl (C=O) groups is 1. The van der Waals surface area contributed by atoms with E-state index in [1.54, 1.807) is 0 Å². The van der Waals surface area contributed by atoms with E-state index in [9.17, 15) is 4.79 Å². The van der Waals surface area contributed by atoms with Gasteiger partial charge in [-0.25, -0.2) is 0 Å². The number of rotatable bonds is 2. The van der Waals surface area contributed by atoms with E-state index in [0.717, 1.165) is 18.2 Å². The van der Waals surface area contributed by atoms with Crippen molar-refractivity contribution in [3.05, 3.63) is 0 Å². The summed E-state index contributed by atoms with van der Waals surface area (Å²) in [4.78, 5) is 10.7. The fourth-order valence-electron chi connectivity index (χ4n) is 0.931. The first-order valence-corrected chi connectivity index (χ1v) is 4.19. The Morgan fingerprint density at radius 1 is 1.78 bits per heavy atom. The van der Waals surface area contributed by atoms with Crippen molar-refractivity contribution in [1.29, 1.82) is 0 Å². The predicted octanol–water partition coefficient (Wildman–Crippen LogP) is 1.33. The van der Waals surface area contributed by atoms with Gasteiger partial charge >= 0.3 is 5.97 Å². The third-order valence-corrected chi connectivity index (χ3v) is 1.96. The van der Waals surface area contributed by atoms with Crippen molar-refractivity contribution in [2.24, 2.45) is 5.92 Å². The molecule has 1 aliphatic heterocycles. The summed E-state index contributed by atoms with van der Waals surface area (Å²) >= 11 is 3.28. The number of halogens is 1. The molecule has 1 rings (SSSR count). The van der Waals surface area contributed by atoms with Gasteiger partial charge in [-0.2, -0.15) is 0 Å². The van der Waals surface area contributed by atoms with Gasteiger partial charge in [-0.1, -0.05) is 15.9 Å². The Bertz CT molecular complexity index is 114. The number of hydrogen-bond donors (Lipinski definition) is 0. The third kappa shape index (κ3) is 1.68. The molecule has 0 aromatic rings. The summed E-state index contributed by atoms with van der Waals surface area (Å²) in [5.74, 6) is 0.152. The van der Waals surface area contributed by atoms with Gasteiger partial charge in [0.15, 0.2) is 0 Å². The molecule has 0 unspecified atom stereocenters. The van der Waals surface area contributed by atoms with Crippen LogP contribution in [0.2, 0.25) is 0 Å². The van der Waals surface area contributed by atoms with Gasteiger partial charge in [-0.05, 0) is 12.8 Å². The number of esters is 1. The molecule has 52 valence electrons. The van der Waals surface area contributed by atoms with Crippen LogP contribution in [0, 0.1) is 5.92 Å². The summed E-state index contributed by atoms with van der Waals surface area (Å²) < 4.78 is 4.76. The molecule has 2 nitrogen and oxygen atoms in total. The van der Waals surface area contributed by atoms with Crippen LogP contribution in [0.4, 0.5) is 0 Å². The van der Waals surface area contributed by atoms with Crippen molar-refractivity contribution in [2.75, 3.05) is 11.9 Å². The summed E-state index contributed by atoms with van der Waals surface area (Å²) in [6, 6.07) is 0. The molecule has 0 saturated carbocycles. The summed E-state index contributed by atoms with van der Waals surface area (Å²) in [7, 11) is 0. The summed E-state index contributed by atoms with van der Waals surface area (Å²) in [6.45, 7) is 0.622. The lowest BCUT2D eigenvalue weighted by molar-refractivity contribution is -0.141. The lowest BCUT2D eigenvalue weighted by Crippen LogP contribution is -2.07. The van der Waals surface area contributed by atoms with Gasteiger partial charge in [-0.3, -0.25) is 4.79 Å². The zero-order valence-electron chi connectivity index (χ0n) is 5.10. The van der Waals surface area contributed by atoms with Gasteiger partial charge in [-0.15, -0.1) is 0 Å². The highest BCUT2D eigenvalue weighted by Gasteiger charge is 2.24. The van der Waals surface area contributed by atoms with Crippen molar-refractivity contribution < 1.29 is 9.53 Å². The Morgan fingerprint density at radius 2 is 2.56 bits per heavy atom. The van der Waals surface area contributed by atoms with E-state index in [1.165, 1.54) is 0 Å². The Labute approximate surface area is 62.7 Å². The van der Waals surface area contributed by atoms with Crippen LogP contribution < -0.4 is 0 Å². The van der Waals surface area contributed by atoms with E-state index in [1.807, 2.05) is 0 Å². The van der Waals surface area contributed by atoms with Crippen LogP contribution in [0.5, 0.6) is 0 Å². The number of ether oxygens (including phenoxy) is 1.